The molecule has 0 unspecified atom stereocenters. The third kappa shape index (κ3) is 5.12. The maximum absolute atomic E-state index is 11.8. The largest absolute Gasteiger partial charge is 0.503 e. The van der Waals surface area contributed by atoms with Crippen molar-refractivity contribution in [3.05, 3.63) is 52.0 Å². The number of methoxy groups -OCH3 is 1. The third-order valence-electron chi connectivity index (χ3n) is 3.52. The number of rotatable bonds is 6. The zero-order valence-corrected chi connectivity index (χ0v) is 14.9. The number of phenolic OH excluding ortho intramolecular Hbond substituents is 1. The Labute approximate surface area is 151 Å². The number of halogens is 1. The zero-order chi connectivity index (χ0) is 18.4. The molecule has 0 heterocycles. The highest BCUT2D eigenvalue weighted by atomic mass is 35.5. The van der Waals surface area contributed by atoms with Gasteiger partial charge < -0.3 is 14.6 Å². The molecule has 2 N–H and O–H groups in total. The SMILES string of the molecule is COc1cc(/C=N\NC(=O)COc2ccc(C)c(C)c2)cc(Cl)c1O. The molecule has 0 saturated heterocycles. The minimum atomic E-state index is -0.397. The van der Waals surface area contributed by atoms with E-state index in [4.69, 9.17) is 21.1 Å². The minimum absolute atomic E-state index is 0.130. The van der Waals surface area contributed by atoms with Crippen LogP contribution in [0.4, 0.5) is 0 Å². The predicted octanol–water partition coefficient (Wildman–Crippen LogP) is 3.20. The molecule has 0 fully saturated rings. The lowest BCUT2D eigenvalue weighted by Gasteiger charge is -2.07. The van der Waals surface area contributed by atoms with E-state index < -0.39 is 5.91 Å². The van der Waals surface area contributed by atoms with Crippen LogP contribution >= 0.6 is 11.6 Å². The number of phenols is 1. The third-order valence-corrected chi connectivity index (χ3v) is 3.81. The Morgan fingerprint density at radius 2 is 2.04 bits per heavy atom. The van der Waals surface area contributed by atoms with Gasteiger partial charge in [0.15, 0.2) is 18.1 Å². The number of aryl methyl sites for hydroxylation is 2. The first-order chi connectivity index (χ1) is 11.9. The van der Waals surface area contributed by atoms with Gasteiger partial charge in [-0.25, -0.2) is 5.43 Å². The van der Waals surface area contributed by atoms with Gasteiger partial charge in [0.1, 0.15) is 5.75 Å². The van der Waals surface area contributed by atoms with Crippen LogP contribution in [-0.2, 0) is 4.79 Å². The van der Waals surface area contributed by atoms with E-state index >= 15 is 0 Å². The highest BCUT2D eigenvalue weighted by Gasteiger charge is 2.08. The van der Waals surface area contributed by atoms with Crippen molar-refractivity contribution in [3.63, 3.8) is 0 Å². The molecule has 7 heteroatoms. The molecule has 2 rings (SSSR count). The number of amides is 1. The van der Waals surface area contributed by atoms with E-state index in [1.165, 1.54) is 19.4 Å². The summed E-state index contributed by atoms with van der Waals surface area (Å²) in [5, 5.41) is 13.6. The van der Waals surface area contributed by atoms with E-state index in [-0.39, 0.29) is 23.1 Å². The van der Waals surface area contributed by atoms with Gasteiger partial charge in [0.25, 0.3) is 5.91 Å². The fourth-order valence-corrected chi connectivity index (χ4v) is 2.21. The molecule has 0 bridgehead atoms. The average molecular weight is 363 g/mol. The molecule has 0 aliphatic carbocycles. The topological polar surface area (TPSA) is 80.2 Å². The van der Waals surface area contributed by atoms with Gasteiger partial charge in [-0.2, -0.15) is 5.10 Å². The molecule has 132 valence electrons. The number of carbonyl (C=O) groups is 1. The highest BCUT2D eigenvalue weighted by molar-refractivity contribution is 6.32. The molecule has 1 amide bonds. The van der Waals surface area contributed by atoms with Crippen molar-refractivity contribution in [1.82, 2.24) is 5.43 Å². The first-order valence-electron chi connectivity index (χ1n) is 7.49. The lowest BCUT2D eigenvalue weighted by molar-refractivity contribution is -0.123. The fourth-order valence-electron chi connectivity index (χ4n) is 1.99. The predicted molar refractivity (Wildman–Crippen MR) is 96.8 cm³/mol. The van der Waals surface area contributed by atoms with Crippen LogP contribution in [0, 0.1) is 13.8 Å². The summed E-state index contributed by atoms with van der Waals surface area (Å²) in [5.41, 5.74) is 5.17. The molecule has 2 aromatic rings. The van der Waals surface area contributed by atoms with Crippen LogP contribution in [0.2, 0.25) is 5.02 Å². The van der Waals surface area contributed by atoms with Crippen molar-refractivity contribution in [3.8, 4) is 17.2 Å². The van der Waals surface area contributed by atoms with E-state index in [0.717, 1.165) is 11.1 Å². The number of benzene rings is 2. The number of ether oxygens (including phenoxy) is 2. The van der Waals surface area contributed by atoms with Gasteiger partial charge in [-0.1, -0.05) is 17.7 Å². The highest BCUT2D eigenvalue weighted by Crippen LogP contribution is 2.34. The maximum atomic E-state index is 11.8. The van der Waals surface area contributed by atoms with Gasteiger partial charge in [0, 0.05) is 0 Å². The minimum Gasteiger partial charge on any atom is -0.503 e. The summed E-state index contributed by atoms with van der Waals surface area (Å²) in [6.07, 6.45) is 1.39. The lowest BCUT2D eigenvalue weighted by Crippen LogP contribution is -2.24. The Bertz CT molecular complexity index is 806. The molecule has 0 spiro atoms. The number of carbonyl (C=O) groups excluding carboxylic acids is 1. The van der Waals surface area contributed by atoms with Crippen LogP contribution < -0.4 is 14.9 Å². The summed E-state index contributed by atoms with van der Waals surface area (Å²) in [5.74, 6) is 0.300. The van der Waals surface area contributed by atoms with Gasteiger partial charge in [-0.05, 0) is 54.8 Å². The molecule has 25 heavy (non-hydrogen) atoms. The monoisotopic (exact) mass is 362 g/mol. The van der Waals surface area contributed by atoms with Gasteiger partial charge in [-0.3, -0.25) is 4.79 Å². The molecular formula is C18H19ClN2O4. The second kappa shape index (κ2) is 8.39. The lowest BCUT2D eigenvalue weighted by atomic mass is 10.1. The Balaban J connectivity index is 1.90. The molecule has 6 nitrogen and oxygen atoms in total. The Kier molecular flexibility index (Phi) is 6.25. The number of hydrogen-bond donors (Lipinski definition) is 2. The molecular weight excluding hydrogens is 344 g/mol. The van der Waals surface area contributed by atoms with Crippen molar-refractivity contribution in [2.75, 3.05) is 13.7 Å². The van der Waals surface area contributed by atoms with Crippen LogP contribution in [0.3, 0.4) is 0 Å². The Morgan fingerprint density at radius 3 is 2.72 bits per heavy atom. The number of hydrazone groups is 1. The van der Waals surface area contributed by atoms with E-state index in [9.17, 15) is 9.90 Å². The molecule has 0 aliphatic heterocycles. The molecule has 0 saturated carbocycles. The number of nitrogens with zero attached hydrogens (tertiary/aromatic N) is 1. The standard InChI is InChI=1S/C18H19ClN2O4/c1-11-4-5-14(6-12(11)2)25-10-17(22)21-20-9-13-7-15(19)18(23)16(8-13)24-3/h4-9,23H,10H2,1-3H3,(H,21,22)/b20-9-. The normalized spacial score (nSPS) is 10.7. The number of hydrogen-bond acceptors (Lipinski definition) is 5. The number of nitrogens with one attached hydrogen (secondary N) is 1. The van der Waals surface area contributed by atoms with Gasteiger partial charge in [-0.15, -0.1) is 0 Å². The van der Waals surface area contributed by atoms with E-state index in [1.807, 2.05) is 32.0 Å². The number of aromatic hydroxyl groups is 1. The van der Waals surface area contributed by atoms with Gasteiger partial charge >= 0.3 is 0 Å². The van der Waals surface area contributed by atoms with Crippen molar-refractivity contribution in [1.29, 1.82) is 0 Å². The van der Waals surface area contributed by atoms with Crippen LogP contribution in [0.5, 0.6) is 17.2 Å². The molecule has 0 aliphatic rings. The zero-order valence-electron chi connectivity index (χ0n) is 14.2. The van der Waals surface area contributed by atoms with Crippen molar-refractivity contribution < 1.29 is 19.4 Å². The van der Waals surface area contributed by atoms with Crippen LogP contribution in [-0.4, -0.2) is 30.9 Å². The Hall–Kier alpha value is -2.73. The summed E-state index contributed by atoms with van der Waals surface area (Å²) in [6.45, 7) is 3.83. The van der Waals surface area contributed by atoms with Crippen LogP contribution in [0.25, 0.3) is 0 Å². The van der Waals surface area contributed by atoms with Gasteiger partial charge in [0.2, 0.25) is 0 Å². The average Bonchev–Trinajstić information content (AvgIpc) is 2.59. The van der Waals surface area contributed by atoms with Crippen LogP contribution in [0.15, 0.2) is 35.4 Å². The fraction of sp³-hybridized carbons (Fsp3) is 0.222. The van der Waals surface area contributed by atoms with Crippen molar-refractivity contribution in [2.45, 2.75) is 13.8 Å². The van der Waals surface area contributed by atoms with Crippen molar-refractivity contribution >= 4 is 23.7 Å². The molecule has 0 atom stereocenters. The van der Waals surface area contributed by atoms with E-state index in [0.29, 0.717) is 11.3 Å². The van der Waals surface area contributed by atoms with E-state index in [1.54, 1.807) is 6.07 Å². The van der Waals surface area contributed by atoms with E-state index in [2.05, 4.69) is 10.5 Å². The summed E-state index contributed by atoms with van der Waals surface area (Å²) in [7, 11) is 1.41. The maximum Gasteiger partial charge on any atom is 0.277 e. The van der Waals surface area contributed by atoms with Crippen LogP contribution in [0.1, 0.15) is 16.7 Å². The summed E-state index contributed by atoms with van der Waals surface area (Å²) in [6, 6.07) is 8.66. The second-order valence-corrected chi connectivity index (χ2v) is 5.79. The summed E-state index contributed by atoms with van der Waals surface area (Å²) >= 11 is 5.88. The van der Waals surface area contributed by atoms with Gasteiger partial charge in [0.05, 0.1) is 18.3 Å². The summed E-state index contributed by atoms with van der Waals surface area (Å²) in [4.78, 5) is 11.8. The Morgan fingerprint density at radius 1 is 1.28 bits per heavy atom. The first kappa shape index (κ1) is 18.6. The molecule has 2 aromatic carbocycles. The second-order valence-electron chi connectivity index (χ2n) is 5.38. The van der Waals surface area contributed by atoms with Crippen molar-refractivity contribution in [2.24, 2.45) is 5.10 Å². The first-order valence-corrected chi connectivity index (χ1v) is 7.87. The quantitative estimate of drug-likeness (QED) is 0.611. The molecule has 0 aromatic heterocycles. The summed E-state index contributed by atoms with van der Waals surface area (Å²) < 4.78 is 10.4. The smallest absolute Gasteiger partial charge is 0.277 e. The molecule has 0 radical (unpaired) electrons.